The number of guanidine groups is 1. The number of hydrogen-bond acceptors (Lipinski definition) is 5. The van der Waals surface area contributed by atoms with E-state index in [0.29, 0.717) is 11.5 Å². The highest BCUT2D eigenvalue weighted by Crippen LogP contribution is 2.21. The SMILES string of the molecule is CN=C(NCCNS(=O)(=O)c1cccnc1)NCc1cc(C)ccc1OC(F)F.I. The molecule has 0 aliphatic heterocycles. The fourth-order valence-corrected chi connectivity index (χ4v) is 3.41. The van der Waals surface area contributed by atoms with E-state index in [1.54, 1.807) is 19.2 Å². The van der Waals surface area contributed by atoms with Crippen molar-refractivity contribution >= 4 is 40.0 Å². The van der Waals surface area contributed by atoms with Gasteiger partial charge in [-0.1, -0.05) is 17.7 Å². The Hall–Kier alpha value is -2.06. The van der Waals surface area contributed by atoms with Crippen molar-refractivity contribution in [3.05, 3.63) is 53.9 Å². The van der Waals surface area contributed by atoms with Crippen molar-refractivity contribution in [3.8, 4) is 5.75 Å². The second-order valence-corrected chi connectivity index (χ2v) is 7.70. The molecule has 1 heterocycles. The van der Waals surface area contributed by atoms with Gasteiger partial charge in [-0.15, -0.1) is 24.0 Å². The van der Waals surface area contributed by atoms with Crippen LogP contribution in [0.3, 0.4) is 0 Å². The molecule has 0 radical (unpaired) electrons. The monoisotopic (exact) mass is 555 g/mol. The first kappa shape index (κ1) is 26.0. The maximum Gasteiger partial charge on any atom is 0.387 e. The summed E-state index contributed by atoms with van der Waals surface area (Å²) >= 11 is 0. The summed E-state index contributed by atoms with van der Waals surface area (Å²) in [6.45, 7) is -0.501. The predicted molar refractivity (Wildman–Crippen MR) is 121 cm³/mol. The number of rotatable bonds is 9. The first-order valence-electron chi connectivity index (χ1n) is 8.70. The molecule has 0 spiro atoms. The van der Waals surface area contributed by atoms with Crippen molar-refractivity contribution in [3.63, 3.8) is 0 Å². The highest BCUT2D eigenvalue weighted by molar-refractivity contribution is 14.0. The molecule has 1 aromatic heterocycles. The number of aromatic nitrogens is 1. The van der Waals surface area contributed by atoms with Crippen LogP contribution in [-0.4, -0.2) is 46.1 Å². The summed E-state index contributed by atoms with van der Waals surface area (Å²) in [6, 6.07) is 7.89. The summed E-state index contributed by atoms with van der Waals surface area (Å²) in [5.41, 5.74) is 1.45. The third kappa shape index (κ3) is 8.36. The summed E-state index contributed by atoms with van der Waals surface area (Å²) < 4.78 is 56.3. The fraction of sp³-hybridized carbons (Fsp3) is 0.333. The van der Waals surface area contributed by atoms with Crippen molar-refractivity contribution < 1.29 is 21.9 Å². The fourth-order valence-electron chi connectivity index (χ4n) is 2.41. The number of aliphatic imine (C=N–C) groups is 1. The molecule has 2 rings (SSSR count). The van der Waals surface area contributed by atoms with Gasteiger partial charge in [0, 0.05) is 44.6 Å². The van der Waals surface area contributed by atoms with Crippen LogP contribution < -0.4 is 20.1 Å². The van der Waals surface area contributed by atoms with Crippen LogP contribution in [-0.2, 0) is 16.6 Å². The molecule has 8 nitrogen and oxygen atoms in total. The smallest absolute Gasteiger partial charge is 0.387 e. The van der Waals surface area contributed by atoms with E-state index in [9.17, 15) is 17.2 Å². The van der Waals surface area contributed by atoms with Crippen molar-refractivity contribution in [2.75, 3.05) is 20.1 Å². The van der Waals surface area contributed by atoms with Crippen LogP contribution in [0.1, 0.15) is 11.1 Å². The third-order valence-electron chi connectivity index (χ3n) is 3.76. The summed E-state index contributed by atoms with van der Waals surface area (Å²) in [5.74, 6) is 0.466. The van der Waals surface area contributed by atoms with Gasteiger partial charge >= 0.3 is 6.61 Å². The zero-order valence-corrected chi connectivity index (χ0v) is 19.6. The highest BCUT2D eigenvalue weighted by atomic mass is 127. The maximum atomic E-state index is 12.6. The first-order valence-corrected chi connectivity index (χ1v) is 10.2. The molecule has 12 heteroatoms. The Bertz CT molecular complexity index is 931. The third-order valence-corrected chi connectivity index (χ3v) is 5.20. The van der Waals surface area contributed by atoms with Gasteiger partial charge in [0.15, 0.2) is 5.96 Å². The number of alkyl halides is 2. The molecular weight excluding hydrogens is 531 g/mol. The van der Waals surface area contributed by atoms with E-state index < -0.39 is 16.6 Å². The molecule has 1 aromatic carbocycles. The second kappa shape index (κ2) is 12.6. The van der Waals surface area contributed by atoms with Crippen LogP contribution in [0.15, 0.2) is 52.6 Å². The quantitative estimate of drug-likeness (QED) is 0.190. The van der Waals surface area contributed by atoms with Crippen LogP contribution >= 0.6 is 24.0 Å². The average molecular weight is 555 g/mol. The molecule has 30 heavy (non-hydrogen) atoms. The minimum atomic E-state index is -3.64. The Labute approximate surface area is 191 Å². The molecular formula is C18H24F2IN5O3S. The lowest BCUT2D eigenvalue weighted by molar-refractivity contribution is -0.0504. The molecule has 0 saturated carbocycles. The van der Waals surface area contributed by atoms with Crippen molar-refractivity contribution in [1.29, 1.82) is 0 Å². The van der Waals surface area contributed by atoms with Gasteiger partial charge < -0.3 is 15.4 Å². The average Bonchev–Trinajstić information content (AvgIpc) is 2.69. The number of sulfonamides is 1. The normalized spacial score (nSPS) is 11.7. The Morgan fingerprint density at radius 3 is 2.63 bits per heavy atom. The van der Waals surface area contributed by atoms with Crippen LogP contribution in [0.2, 0.25) is 0 Å². The number of halogens is 3. The molecule has 3 N–H and O–H groups in total. The van der Waals surface area contributed by atoms with Gasteiger partial charge in [0.25, 0.3) is 0 Å². The summed E-state index contributed by atoms with van der Waals surface area (Å²) in [6.07, 6.45) is 2.75. The van der Waals surface area contributed by atoms with Gasteiger partial charge in [-0.25, -0.2) is 13.1 Å². The molecule has 166 valence electrons. The van der Waals surface area contributed by atoms with E-state index in [-0.39, 0.29) is 54.3 Å². The number of nitrogens with zero attached hydrogens (tertiary/aromatic N) is 2. The molecule has 0 aliphatic rings. The lowest BCUT2D eigenvalue weighted by atomic mass is 10.1. The molecule has 0 fully saturated rings. The maximum absolute atomic E-state index is 12.6. The van der Waals surface area contributed by atoms with Crippen LogP contribution in [0, 0.1) is 6.92 Å². The predicted octanol–water partition coefficient (Wildman–Crippen LogP) is 2.25. The van der Waals surface area contributed by atoms with Crippen LogP contribution in [0.25, 0.3) is 0 Å². The van der Waals surface area contributed by atoms with E-state index in [1.165, 1.54) is 30.6 Å². The number of hydrogen-bond donors (Lipinski definition) is 3. The molecule has 0 saturated heterocycles. The second-order valence-electron chi connectivity index (χ2n) is 5.93. The van der Waals surface area contributed by atoms with E-state index in [4.69, 9.17) is 0 Å². The Kier molecular flexibility index (Phi) is 10.9. The standard InChI is InChI=1S/C18H23F2N5O3S.HI/c1-13-5-6-16(28-17(19)20)14(10-13)11-24-18(21-2)23-8-9-25-29(26,27)15-4-3-7-22-12-15;/h3-7,10,12,17,25H,8-9,11H2,1-2H3,(H2,21,23,24);1H. The van der Waals surface area contributed by atoms with Crippen LogP contribution in [0.4, 0.5) is 8.78 Å². The van der Waals surface area contributed by atoms with E-state index in [1.807, 2.05) is 6.92 Å². The lowest BCUT2D eigenvalue weighted by Crippen LogP contribution is -2.41. The zero-order valence-electron chi connectivity index (χ0n) is 16.4. The molecule has 0 atom stereocenters. The molecule has 0 bridgehead atoms. The van der Waals surface area contributed by atoms with Gasteiger partial charge in [-0.2, -0.15) is 8.78 Å². The van der Waals surface area contributed by atoms with E-state index in [2.05, 4.69) is 30.1 Å². The van der Waals surface area contributed by atoms with Crippen molar-refractivity contribution in [2.45, 2.75) is 25.0 Å². The number of benzene rings is 1. The van der Waals surface area contributed by atoms with Gasteiger partial charge in [0.05, 0.1) is 0 Å². The molecule has 2 aromatic rings. The molecule has 0 amide bonds. The topological polar surface area (TPSA) is 105 Å². The van der Waals surface area contributed by atoms with Crippen molar-refractivity contribution in [2.24, 2.45) is 4.99 Å². The number of nitrogens with one attached hydrogen (secondary N) is 3. The van der Waals surface area contributed by atoms with E-state index in [0.717, 1.165) is 5.56 Å². The zero-order chi connectivity index (χ0) is 21.3. The van der Waals surface area contributed by atoms with Gasteiger partial charge in [0.1, 0.15) is 10.6 Å². The summed E-state index contributed by atoms with van der Waals surface area (Å²) in [5, 5.41) is 5.93. The van der Waals surface area contributed by atoms with Crippen LogP contribution in [0.5, 0.6) is 5.75 Å². The number of pyridine rings is 1. The van der Waals surface area contributed by atoms with Gasteiger partial charge in [-0.3, -0.25) is 9.98 Å². The molecule has 0 aliphatic carbocycles. The molecule has 0 unspecified atom stereocenters. The van der Waals surface area contributed by atoms with Crippen molar-refractivity contribution in [1.82, 2.24) is 20.3 Å². The van der Waals surface area contributed by atoms with Gasteiger partial charge in [-0.05, 0) is 25.1 Å². The first-order chi connectivity index (χ1) is 13.8. The van der Waals surface area contributed by atoms with E-state index >= 15 is 0 Å². The largest absolute Gasteiger partial charge is 0.434 e. The highest BCUT2D eigenvalue weighted by Gasteiger charge is 2.13. The number of ether oxygens (including phenoxy) is 1. The number of aryl methyl sites for hydroxylation is 1. The summed E-state index contributed by atoms with van der Waals surface area (Å²) in [4.78, 5) is 7.89. The summed E-state index contributed by atoms with van der Waals surface area (Å²) in [7, 11) is -2.10. The Morgan fingerprint density at radius 1 is 1.23 bits per heavy atom. The lowest BCUT2D eigenvalue weighted by Gasteiger charge is -2.15. The minimum absolute atomic E-state index is 0. The Morgan fingerprint density at radius 2 is 2.00 bits per heavy atom. The minimum Gasteiger partial charge on any atom is -0.434 e. The Balaban J connectivity index is 0.00000450. The van der Waals surface area contributed by atoms with Gasteiger partial charge in [0.2, 0.25) is 10.0 Å².